The zero-order valence-electron chi connectivity index (χ0n) is 13.5. The standard InChI is InChI=1S/C19H24N2O.ClH.Na.H/c22-19-16-6-2-4-14-3-1-5-15(18(14)16)11-21(19)17-12-20-9-7-13(17)8-10-20;;;/h2,4,6,13,15,17H,1,3,5,7-12H2;1H;;/t15-,17+;;;/m0.../s1. The molecule has 0 spiro atoms. The van der Waals surface area contributed by atoms with Crippen LogP contribution in [-0.4, -0.2) is 77.5 Å². The van der Waals surface area contributed by atoms with E-state index in [1.165, 1.54) is 49.9 Å². The molecule has 2 bridgehead atoms. The Morgan fingerprint density at radius 3 is 2.54 bits per heavy atom. The van der Waals surface area contributed by atoms with Crippen LogP contribution in [0.5, 0.6) is 0 Å². The van der Waals surface area contributed by atoms with Gasteiger partial charge in [0.25, 0.3) is 5.91 Å². The third kappa shape index (κ3) is 2.87. The molecule has 5 heteroatoms. The van der Waals surface area contributed by atoms with E-state index in [0.717, 1.165) is 31.0 Å². The number of amides is 1. The minimum absolute atomic E-state index is 0. The van der Waals surface area contributed by atoms with Gasteiger partial charge in [-0.25, -0.2) is 0 Å². The molecule has 3 saturated heterocycles. The fourth-order valence-corrected chi connectivity index (χ4v) is 5.41. The van der Waals surface area contributed by atoms with Gasteiger partial charge in [-0.05, 0) is 68.3 Å². The molecule has 0 aromatic heterocycles. The Labute approximate surface area is 172 Å². The average molecular weight is 357 g/mol. The molecular formula is C19H26ClN2NaO. The Balaban J connectivity index is 0.000000845. The summed E-state index contributed by atoms with van der Waals surface area (Å²) in [5.41, 5.74) is 3.86. The molecule has 3 fully saturated rings. The van der Waals surface area contributed by atoms with Crippen LogP contribution in [-0.2, 0) is 6.42 Å². The van der Waals surface area contributed by atoms with Crippen LogP contribution in [0, 0.1) is 5.92 Å². The summed E-state index contributed by atoms with van der Waals surface area (Å²) in [7, 11) is 0. The summed E-state index contributed by atoms with van der Waals surface area (Å²) in [6, 6.07) is 6.87. The van der Waals surface area contributed by atoms with Gasteiger partial charge in [0.15, 0.2) is 0 Å². The molecule has 24 heavy (non-hydrogen) atoms. The van der Waals surface area contributed by atoms with Crippen LogP contribution in [0.1, 0.15) is 53.1 Å². The van der Waals surface area contributed by atoms with Crippen LogP contribution in [0.3, 0.4) is 0 Å². The Bertz CT molecular complexity index is 630. The van der Waals surface area contributed by atoms with Gasteiger partial charge in [-0.1, -0.05) is 12.1 Å². The molecule has 5 aliphatic rings. The van der Waals surface area contributed by atoms with Crippen LogP contribution in [0.25, 0.3) is 0 Å². The van der Waals surface area contributed by atoms with E-state index in [9.17, 15) is 4.79 Å². The first-order chi connectivity index (χ1) is 10.8. The van der Waals surface area contributed by atoms with Gasteiger partial charge in [-0.3, -0.25) is 4.79 Å². The Hall–Kier alpha value is -0.0600. The van der Waals surface area contributed by atoms with E-state index < -0.39 is 0 Å². The Morgan fingerprint density at radius 2 is 1.83 bits per heavy atom. The first-order valence-electron chi connectivity index (χ1n) is 8.96. The maximum atomic E-state index is 13.1. The number of rotatable bonds is 1. The van der Waals surface area contributed by atoms with Crippen LogP contribution in [0.2, 0.25) is 0 Å². The summed E-state index contributed by atoms with van der Waals surface area (Å²) in [5, 5.41) is 0. The predicted octanol–water partition coefficient (Wildman–Crippen LogP) is 2.43. The molecule has 4 aliphatic heterocycles. The van der Waals surface area contributed by atoms with Crippen molar-refractivity contribution >= 4 is 47.9 Å². The van der Waals surface area contributed by atoms with E-state index in [4.69, 9.17) is 0 Å². The molecule has 0 N–H and O–H groups in total. The third-order valence-corrected chi connectivity index (χ3v) is 6.53. The molecule has 1 aromatic rings. The molecule has 126 valence electrons. The summed E-state index contributed by atoms with van der Waals surface area (Å²) < 4.78 is 0. The number of carbonyl (C=O) groups excluding carboxylic acids is 1. The van der Waals surface area contributed by atoms with Gasteiger partial charge in [0.05, 0.1) is 0 Å². The van der Waals surface area contributed by atoms with E-state index in [-0.39, 0.29) is 42.0 Å². The molecule has 1 aromatic carbocycles. The van der Waals surface area contributed by atoms with Gasteiger partial charge in [-0.15, -0.1) is 12.4 Å². The third-order valence-electron chi connectivity index (χ3n) is 6.53. The second-order valence-corrected chi connectivity index (χ2v) is 7.63. The second-order valence-electron chi connectivity index (χ2n) is 7.63. The first-order valence-corrected chi connectivity index (χ1v) is 8.96. The van der Waals surface area contributed by atoms with Crippen molar-refractivity contribution in [2.75, 3.05) is 26.2 Å². The van der Waals surface area contributed by atoms with Crippen molar-refractivity contribution < 1.29 is 4.79 Å². The second kappa shape index (κ2) is 7.28. The van der Waals surface area contributed by atoms with E-state index in [1.807, 2.05) is 0 Å². The van der Waals surface area contributed by atoms with Gasteiger partial charge < -0.3 is 9.80 Å². The number of aryl methyl sites for hydroxylation is 1. The Morgan fingerprint density at radius 1 is 1.04 bits per heavy atom. The van der Waals surface area contributed by atoms with E-state index >= 15 is 0 Å². The van der Waals surface area contributed by atoms with Crippen molar-refractivity contribution in [3.05, 3.63) is 34.9 Å². The first kappa shape index (κ1) is 18.7. The van der Waals surface area contributed by atoms with Crippen LogP contribution < -0.4 is 0 Å². The molecule has 0 saturated carbocycles. The maximum absolute atomic E-state index is 13.1. The fourth-order valence-electron chi connectivity index (χ4n) is 5.41. The number of hydrogen-bond acceptors (Lipinski definition) is 2. The van der Waals surface area contributed by atoms with Gasteiger partial charge in [0.1, 0.15) is 0 Å². The van der Waals surface area contributed by atoms with Gasteiger partial charge in [-0.2, -0.15) is 0 Å². The molecule has 3 nitrogen and oxygen atoms in total. The number of nitrogens with zero attached hydrogens (tertiary/aromatic N) is 2. The zero-order chi connectivity index (χ0) is 14.7. The molecule has 1 amide bonds. The number of carbonyl (C=O) groups is 1. The minimum atomic E-state index is 0. The zero-order valence-corrected chi connectivity index (χ0v) is 14.4. The number of halogens is 1. The molecule has 4 heterocycles. The van der Waals surface area contributed by atoms with E-state index in [2.05, 4.69) is 28.0 Å². The van der Waals surface area contributed by atoms with Gasteiger partial charge in [0, 0.05) is 30.6 Å². The average Bonchev–Trinajstić information content (AvgIpc) is 2.59. The van der Waals surface area contributed by atoms with Gasteiger partial charge in [0.2, 0.25) is 0 Å². The fraction of sp³-hybridized carbons (Fsp3) is 0.632. The number of hydrogen-bond donors (Lipinski definition) is 0. The van der Waals surface area contributed by atoms with E-state index in [0.29, 0.717) is 17.9 Å². The van der Waals surface area contributed by atoms with Gasteiger partial charge >= 0.3 is 29.6 Å². The summed E-state index contributed by atoms with van der Waals surface area (Å²) in [4.78, 5) is 18.0. The summed E-state index contributed by atoms with van der Waals surface area (Å²) in [5.74, 6) is 1.64. The molecule has 6 rings (SSSR count). The molecule has 1 aliphatic carbocycles. The molecule has 0 unspecified atom stereocenters. The van der Waals surface area contributed by atoms with Crippen molar-refractivity contribution in [2.24, 2.45) is 5.92 Å². The Kier molecular flexibility index (Phi) is 5.68. The number of fused-ring (bicyclic) bond motifs is 3. The predicted molar refractivity (Wildman–Crippen MR) is 101 cm³/mol. The van der Waals surface area contributed by atoms with E-state index in [1.54, 1.807) is 0 Å². The van der Waals surface area contributed by atoms with Crippen LogP contribution >= 0.6 is 12.4 Å². The number of piperidine rings is 3. The SMILES string of the molecule is Cl.O=C1c2cccc3c2[C@@H](CCC3)CN1[C@@H]1CN2CCC1CC2.[NaH]. The summed E-state index contributed by atoms with van der Waals surface area (Å²) >= 11 is 0. The van der Waals surface area contributed by atoms with Crippen molar-refractivity contribution in [3.8, 4) is 0 Å². The molecule has 0 radical (unpaired) electrons. The number of benzene rings is 1. The quantitative estimate of drug-likeness (QED) is 0.721. The molecule has 2 atom stereocenters. The van der Waals surface area contributed by atoms with Crippen molar-refractivity contribution in [1.29, 1.82) is 0 Å². The normalized spacial score (nSPS) is 33.3. The van der Waals surface area contributed by atoms with Crippen molar-refractivity contribution in [1.82, 2.24) is 9.80 Å². The van der Waals surface area contributed by atoms with Crippen LogP contribution in [0.15, 0.2) is 18.2 Å². The van der Waals surface area contributed by atoms with Crippen molar-refractivity contribution in [2.45, 2.75) is 44.1 Å². The molecular weight excluding hydrogens is 331 g/mol. The monoisotopic (exact) mass is 356 g/mol. The topological polar surface area (TPSA) is 23.6 Å². The summed E-state index contributed by atoms with van der Waals surface area (Å²) in [6.45, 7) is 4.57. The van der Waals surface area contributed by atoms with Crippen LogP contribution in [0.4, 0.5) is 0 Å². The summed E-state index contributed by atoms with van der Waals surface area (Å²) in [6.07, 6.45) is 6.27. The van der Waals surface area contributed by atoms with Crippen molar-refractivity contribution in [3.63, 3.8) is 0 Å².